The monoisotopic (exact) mass is 272 g/mol. The molecular formula is C11H17BrN2O. The average molecular weight is 273 g/mol. The third-order valence-corrected chi connectivity index (χ3v) is 3.38. The van der Waals surface area contributed by atoms with E-state index in [0.29, 0.717) is 12.1 Å². The molecule has 1 aromatic rings. The molecule has 2 rings (SSSR count). The summed E-state index contributed by atoms with van der Waals surface area (Å²) in [5.41, 5.74) is 0. The molecule has 84 valence electrons. The normalized spacial score (nSPS) is 25.4. The molecule has 0 radical (unpaired) electrons. The first-order chi connectivity index (χ1) is 7.16. The summed E-state index contributed by atoms with van der Waals surface area (Å²) in [6.07, 6.45) is 0. The lowest BCUT2D eigenvalue weighted by Gasteiger charge is -2.35. The molecule has 0 saturated carbocycles. The average Bonchev–Trinajstić information content (AvgIpc) is 2.64. The third kappa shape index (κ3) is 2.62. The quantitative estimate of drug-likeness (QED) is 0.897. The van der Waals surface area contributed by atoms with Crippen LogP contribution in [0.5, 0.6) is 0 Å². The predicted octanol–water partition coefficient (Wildman–Crippen LogP) is 2.40. The van der Waals surface area contributed by atoms with Crippen molar-refractivity contribution >= 4 is 15.9 Å². The summed E-state index contributed by atoms with van der Waals surface area (Å²) >= 11 is 3.34. The van der Waals surface area contributed by atoms with Gasteiger partial charge < -0.3 is 9.73 Å². The van der Waals surface area contributed by atoms with Crippen LogP contribution in [0.3, 0.4) is 0 Å². The topological polar surface area (TPSA) is 28.4 Å². The Morgan fingerprint density at radius 1 is 1.60 bits per heavy atom. The van der Waals surface area contributed by atoms with Gasteiger partial charge in [-0.25, -0.2) is 0 Å². The maximum Gasteiger partial charge on any atom is 0.169 e. The molecule has 0 bridgehead atoms. The molecular weight excluding hydrogens is 256 g/mol. The van der Waals surface area contributed by atoms with Crippen LogP contribution in [-0.4, -0.2) is 30.6 Å². The van der Waals surface area contributed by atoms with E-state index in [1.165, 1.54) is 0 Å². The molecule has 0 aromatic carbocycles. The maximum absolute atomic E-state index is 5.59. The van der Waals surface area contributed by atoms with E-state index in [9.17, 15) is 0 Å². The summed E-state index contributed by atoms with van der Waals surface area (Å²) in [5, 5.41) is 3.44. The van der Waals surface area contributed by atoms with Gasteiger partial charge in [-0.3, -0.25) is 4.90 Å². The van der Waals surface area contributed by atoms with Crippen molar-refractivity contribution in [1.82, 2.24) is 10.2 Å². The van der Waals surface area contributed by atoms with Crippen molar-refractivity contribution in [3.05, 3.63) is 22.6 Å². The van der Waals surface area contributed by atoms with Gasteiger partial charge in [0.05, 0.1) is 6.04 Å². The van der Waals surface area contributed by atoms with Gasteiger partial charge in [0, 0.05) is 25.7 Å². The van der Waals surface area contributed by atoms with Crippen molar-refractivity contribution in [2.24, 2.45) is 0 Å². The van der Waals surface area contributed by atoms with Gasteiger partial charge in [-0.15, -0.1) is 0 Å². The Balaban J connectivity index is 2.03. The lowest BCUT2D eigenvalue weighted by molar-refractivity contribution is 0.142. The number of nitrogens with zero attached hydrogens (tertiary/aromatic N) is 1. The number of hydrogen-bond donors (Lipinski definition) is 1. The summed E-state index contributed by atoms with van der Waals surface area (Å²) in [7, 11) is 0. The summed E-state index contributed by atoms with van der Waals surface area (Å²) in [6, 6.07) is 4.93. The summed E-state index contributed by atoms with van der Waals surface area (Å²) in [4.78, 5) is 2.45. The first kappa shape index (κ1) is 11.2. The van der Waals surface area contributed by atoms with Crippen LogP contribution in [0.1, 0.15) is 25.6 Å². The second-order valence-electron chi connectivity index (χ2n) is 4.17. The second-order valence-corrected chi connectivity index (χ2v) is 4.95. The molecule has 1 aliphatic heterocycles. The summed E-state index contributed by atoms with van der Waals surface area (Å²) < 4.78 is 6.40. The smallest absolute Gasteiger partial charge is 0.169 e. The van der Waals surface area contributed by atoms with Crippen LogP contribution in [0, 0.1) is 0 Å². The molecule has 3 nitrogen and oxygen atoms in total. The van der Waals surface area contributed by atoms with Crippen LogP contribution in [0.25, 0.3) is 0 Å². The SMILES string of the molecule is CC1CN(C(C)c2ccc(Br)o2)CCN1. The standard InChI is InChI=1S/C11H17BrN2O/c1-8-7-14(6-5-13-8)9(2)10-3-4-11(12)15-10/h3-4,8-9,13H,5-7H2,1-2H3. The first-order valence-electron chi connectivity index (χ1n) is 5.39. The molecule has 2 atom stereocenters. The Kier molecular flexibility index (Phi) is 3.49. The zero-order chi connectivity index (χ0) is 10.8. The fraction of sp³-hybridized carbons (Fsp3) is 0.636. The second kappa shape index (κ2) is 4.68. The number of nitrogens with one attached hydrogen (secondary N) is 1. The van der Waals surface area contributed by atoms with E-state index in [1.807, 2.05) is 12.1 Å². The lowest BCUT2D eigenvalue weighted by atomic mass is 10.1. The van der Waals surface area contributed by atoms with E-state index in [1.54, 1.807) is 0 Å². The molecule has 1 aromatic heterocycles. The fourth-order valence-corrected chi connectivity index (χ4v) is 2.37. The van der Waals surface area contributed by atoms with Crippen molar-refractivity contribution in [1.29, 1.82) is 0 Å². The van der Waals surface area contributed by atoms with Gasteiger partial charge in [0.2, 0.25) is 0 Å². The van der Waals surface area contributed by atoms with E-state index in [4.69, 9.17) is 4.42 Å². The first-order valence-corrected chi connectivity index (χ1v) is 6.19. The Morgan fingerprint density at radius 2 is 2.40 bits per heavy atom. The molecule has 15 heavy (non-hydrogen) atoms. The van der Waals surface area contributed by atoms with E-state index >= 15 is 0 Å². The van der Waals surface area contributed by atoms with Gasteiger partial charge in [-0.2, -0.15) is 0 Å². The Hall–Kier alpha value is -0.320. The van der Waals surface area contributed by atoms with Crippen LogP contribution in [-0.2, 0) is 0 Å². The van der Waals surface area contributed by atoms with Gasteiger partial charge in [0.1, 0.15) is 5.76 Å². The van der Waals surface area contributed by atoms with Crippen molar-refractivity contribution in [2.45, 2.75) is 25.9 Å². The Labute approximate surface area is 99.0 Å². The van der Waals surface area contributed by atoms with Gasteiger partial charge in [-0.1, -0.05) is 0 Å². The molecule has 0 aliphatic carbocycles. The number of piperazine rings is 1. The highest BCUT2D eigenvalue weighted by Gasteiger charge is 2.23. The summed E-state index contributed by atoms with van der Waals surface area (Å²) in [6.45, 7) is 7.65. The minimum absolute atomic E-state index is 0.362. The van der Waals surface area contributed by atoms with Gasteiger partial charge in [0.25, 0.3) is 0 Å². The van der Waals surface area contributed by atoms with Crippen molar-refractivity contribution < 1.29 is 4.42 Å². The molecule has 1 N–H and O–H groups in total. The third-order valence-electron chi connectivity index (χ3n) is 2.95. The van der Waals surface area contributed by atoms with E-state index < -0.39 is 0 Å². The fourth-order valence-electron chi connectivity index (χ4n) is 2.05. The number of rotatable bonds is 2. The van der Waals surface area contributed by atoms with Crippen LogP contribution in [0.2, 0.25) is 0 Å². The number of halogens is 1. The zero-order valence-electron chi connectivity index (χ0n) is 9.16. The largest absolute Gasteiger partial charge is 0.453 e. The molecule has 2 unspecified atom stereocenters. The molecule has 2 heterocycles. The van der Waals surface area contributed by atoms with Gasteiger partial charge in [-0.05, 0) is 41.9 Å². The highest BCUT2D eigenvalue weighted by atomic mass is 79.9. The predicted molar refractivity (Wildman–Crippen MR) is 63.9 cm³/mol. The number of furan rings is 1. The van der Waals surface area contributed by atoms with Crippen LogP contribution in [0.4, 0.5) is 0 Å². The van der Waals surface area contributed by atoms with Crippen LogP contribution < -0.4 is 5.32 Å². The van der Waals surface area contributed by atoms with Crippen molar-refractivity contribution in [3.63, 3.8) is 0 Å². The van der Waals surface area contributed by atoms with Crippen LogP contribution in [0.15, 0.2) is 21.2 Å². The zero-order valence-corrected chi connectivity index (χ0v) is 10.8. The maximum atomic E-state index is 5.59. The highest BCUT2D eigenvalue weighted by molar-refractivity contribution is 9.10. The van der Waals surface area contributed by atoms with E-state index in [0.717, 1.165) is 30.1 Å². The van der Waals surface area contributed by atoms with E-state index in [2.05, 4.69) is 40.0 Å². The molecule has 1 saturated heterocycles. The molecule has 1 fully saturated rings. The van der Waals surface area contributed by atoms with E-state index in [-0.39, 0.29) is 0 Å². The minimum Gasteiger partial charge on any atom is -0.453 e. The molecule has 0 spiro atoms. The Morgan fingerprint density at radius 3 is 3.00 bits per heavy atom. The van der Waals surface area contributed by atoms with Crippen molar-refractivity contribution in [3.8, 4) is 0 Å². The van der Waals surface area contributed by atoms with Gasteiger partial charge >= 0.3 is 0 Å². The van der Waals surface area contributed by atoms with Gasteiger partial charge in [0.15, 0.2) is 4.67 Å². The molecule has 0 amide bonds. The molecule has 4 heteroatoms. The molecule has 1 aliphatic rings. The Bertz CT molecular complexity index is 326. The number of hydrogen-bond acceptors (Lipinski definition) is 3. The van der Waals surface area contributed by atoms with Crippen molar-refractivity contribution in [2.75, 3.05) is 19.6 Å². The summed E-state index contributed by atoms with van der Waals surface area (Å²) in [5.74, 6) is 1.04. The minimum atomic E-state index is 0.362. The lowest BCUT2D eigenvalue weighted by Crippen LogP contribution is -2.49. The highest BCUT2D eigenvalue weighted by Crippen LogP contribution is 2.25. The van der Waals surface area contributed by atoms with Crippen LogP contribution >= 0.6 is 15.9 Å².